The van der Waals surface area contributed by atoms with E-state index in [0.717, 1.165) is 24.6 Å². The van der Waals surface area contributed by atoms with Crippen molar-refractivity contribution in [2.45, 2.75) is 20.8 Å². The largest absolute Gasteiger partial charge is 0.357 e. The molecule has 0 saturated heterocycles. The minimum atomic E-state index is -0.0625. The molecule has 0 aromatic carbocycles. The molecule has 1 amide bonds. The van der Waals surface area contributed by atoms with E-state index in [4.69, 9.17) is 0 Å². The number of rotatable bonds is 7. The quantitative estimate of drug-likeness (QED) is 0.787. The van der Waals surface area contributed by atoms with Gasteiger partial charge in [-0.3, -0.25) is 4.79 Å². The van der Waals surface area contributed by atoms with Gasteiger partial charge in [0, 0.05) is 25.6 Å². The van der Waals surface area contributed by atoms with Gasteiger partial charge in [-0.15, -0.1) is 0 Å². The van der Waals surface area contributed by atoms with Crippen molar-refractivity contribution in [3.63, 3.8) is 0 Å². The van der Waals surface area contributed by atoms with Crippen molar-refractivity contribution in [2.75, 3.05) is 36.9 Å². The van der Waals surface area contributed by atoms with E-state index in [1.807, 2.05) is 26.1 Å². The first-order valence-electron chi connectivity index (χ1n) is 6.78. The average Bonchev–Trinajstić information content (AvgIpc) is 2.42. The summed E-state index contributed by atoms with van der Waals surface area (Å²) >= 11 is 0. The van der Waals surface area contributed by atoms with Gasteiger partial charge in [0.05, 0.1) is 11.9 Å². The Balaban J connectivity index is 2.64. The highest BCUT2D eigenvalue weighted by atomic mass is 16.1. The first-order chi connectivity index (χ1) is 9.12. The Labute approximate surface area is 115 Å². The molecule has 5 heteroatoms. The molecule has 19 heavy (non-hydrogen) atoms. The van der Waals surface area contributed by atoms with E-state index in [-0.39, 0.29) is 11.8 Å². The molecule has 1 aromatic rings. The Kier molecular flexibility index (Phi) is 6.29. The molecule has 5 nitrogen and oxygen atoms in total. The van der Waals surface area contributed by atoms with E-state index in [1.54, 1.807) is 6.20 Å². The smallest absolute Gasteiger partial charge is 0.228 e. The van der Waals surface area contributed by atoms with Gasteiger partial charge in [-0.05, 0) is 33.0 Å². The predicted octanol–water partition coefficient (Wildman–Crippen LogP) is 1.72. The summed E-state index contributed by atoms with van der Waals surface area (Å²) in [6.07, 6.45) is 1.71. The van der Waals surface area contributed by atoms with E-state index < -0.39 is 0 Å². The maximum absolute atomic E-state index is 11.8. The van der Waals surface area contributed by atoms with Gasteiger partial charge in [-0.1, -0.05) is 6.92 Å². The highest BCUT2D eigenvalue weighted by Crippen LogP contribution is 2.14. The van der Waals surface area contributed by atoms with Crippen LogP contribution in [-0.4, -0.2) is 37.6 Å². The van der Waals surface area contributed by atoms with E-state index >= 15 is 0 Å². The Morgan fingerprint density at radius 2 is 2.05 bits per heavy atom. The molecule has 0 spiro atoms. The molecule has 2 N–H and O–H groups in total. The number of nitrogens with zero attached hydrogens (tertiary/aromatic N) is 2. The molecule has 0 fully saturated rings. The second-order valence-electron chi connectivity index (χ2n) is 4.53. The number of nitrogens with one attached hydrogen (secondary N) is 2. The Morgan fingerprint density at radius 1 is 1.37 bits per heavy atom. The second kappa shape index (κ2) is 7.74. The SMILES string of the molecule is CCN(CC)c1ccc(NC(=O)C(C)CNC)cn1. The van der Waals surface area contributed by atoms with Crippen molar-refractivity contribution in [1.29, 1.82) is 0 Å². The van der Waals surface area contributed by atoms with Crippen LogP contribution < -0.4 is 15.5 Å². The van der Waals surface area contributed by atoms with Gasteiger partial charge in [0.2, 0.25) is 5.91 Å². The molecular weight excluding hydrogens is 240 g/mol. The number of aromatic nitrogens is 1. The third kappa shape index (κ3) is 4.52. The number of anilines is 2. The van der Waals surface area contributed by atoms with Crippen LogP contribution in [0.3, 0.4) is 0 Å². The molecule has 0 aliphatic rings. The van der Waals surface area contributed by atoms with Gasteiger partial charge < -0.3 is 15.5 Å². The summed E-state index contributed by atoms with van der Waals surface area (Å²) in [5, 5.41) is 5.86. The summed E-state index contributed by atoms with van der Waals surface area (Å²) in [6.45, 7) is 8.60. The Hall–Kier alpha value is -1.62. The van der Waals surface area contributed by atoms with Gasteiger partial charge in [0.1, 0.15) is 5.82 Å². The highest BCUT2D eigenvalue weighted by Gasteiger charge is 2.12. The van der Waals surface area contributed by atoms with E-state index in [2.05, 4.69) is 34.4 Å². The Morgan fingerprint density at radius 3 is 2.53 bits per heavy atom. The van der Waals surface area contributed by atoms with Crippen LogP contribution in [-0.2, 0) is 4.79 Å². The van der Waals surface area contributed by atoms with Gasteiger partial charge in [-0.25, -0.2) is 4.98 Å². The Bertz CT molecular complexity index is 387. The van der Waals surface area contributed by atoms with Crippen molar-refractivity contribution in [3.05, 3.63) is 18.3 Å². The first-order valence-corrected chi connectivity index (χ1v) is 6.78. The predicted molar refractivity (Wildman–Crippen MR) is 79.5 cm³/mol. The summed E-state index contributed by atoms with van der Waals surface area (Å²) in [5.74, 6) is 0.880. The minimum absolute atomic E-state index is 0.00624. The third-order valence-electron chi connectivity index (χ3n) is 3.06. The van der Waals surface area contributed by atoms with Crippen molar-refractivity contribution in [2.24, 2.45) is 5.92 Å². The van der Waals surface area contributed by atoms with Crippen molar-refractivity contribution in [3.8, 4) is 0 Å². The highest BCUT2D eigenvalue weighted by molar-refractivity contribution is 5.92. The van der Waals surface area contributed by atoms with Crippen LogP contribution in [0.5, 0.6) is 0 Å². The zero-order valence-electron chi connectivity index (χ0n) is 12.2. The number of carbonyl (C=O) groups excluding carboxylic acids is 1. The van der Waals surface area contributed by atoms with Crippen molar-refractivity contribution < 1.29 is 4.79 Å². The monoisotopic (exact) mass is 264 g/mol. The van der Waals surface area contributed by atoms with Crippen LogP contribution in [0.4, 0.5) is 11.5 Å². The molecule has 0 radical (unpaired) electrons. The molecule has 1 atom stereocenters. The summed E-state index contributed by atoms with van der Waals surface area (Å²) in [4.78, 5) is 18.4. The summed E-state index contributed by atoms with van der Waals surface area (Å²) < 4.78 is 0. The normalized spacial score (nSPS) is 12.0. The van der Waals surface area contributed by atoms with Gasteiger partial charge in [-0.2, -0.15) is 0 Å². The van der Waals surface area contributed by atoms with Crippen molar-refractivity contribution in [1.82, 2.24) is 10.3 Å². The molecule has 1 aromatic heterocycles. The molecule has 106 valence electrons. The fraction of sp³-hybridized carbons (Fsp3) is 0.571. The van der Waals surface area contributed by atoms with Crippen LogP contribution in [0, 0.1) is 5.92 Å². The number of hydrogen-bond donors (Lipinski definition) is 2. The second-order valence-corrected chi connectivity index (χ2v) is 4.53. The minimum Gasteiger partial charge on any atom is -0.357 e. The van der Waals surface area contributed by atoms with Gasteiger partial charge in [0.25, 0.3) is 0 Å². The van der Waals surface area contributed by atoms with Crippen LogP contribution >= 0.6 is 0 Å². The molecule has 1 heterocycles. The van der Waals surface area contributed by atoms with Crippen LogP contribution in [0.25, 0.3) is 0 Å². The van der Waals surface area contributed by atoms with Crippen LogP contribution in [0.1, 0.15) is 20.8 Å². The lowest BCUT2D eigenvalue weighted by Crippen LogP contribution is -2.28. The topological polar surface area (TPSA) is 57.3 Å². The number of pyridine rings is 1. The van der Waals surface area contributed by atoms with Gasteiger partial charge >= 0.3 is 0 Å². The molecule has 1 unspecified atom stereocenters. The molecule has 1 rings (SSSR count). The average molecular weight is 264 g/mol. The molecule has 0 saturated carbocycles. The summed E-state index contributed by atoms with van der Waals surface area (Å²) in [6, 6.07) is 3.83. The van der Waals surface area contributed by atoms with Gasteiger partial charge in [0.15, 0.2) is 0 Å². The van der Waals surface area contributed by atoms with Crippen molar-refractivity contribution >= 4 is 17.4 Å². The number of carbonyl (C=O) groups is 1. The number of hydrogen-bond acceptors (Lipinski definition) is 4. The lowest BCUT2D eigenvalue weighted by atomic mass is 10.1. The van der Waals surface area contributed by atoms with E-state index in [9.17, 15) is 4.79 Å². The first kappa shape index (κ1) is 15.4. The standard InChI is InChI=1S/C14H24N4O/c1-5-18(6-2)13-8-7-12(10-16-13)17-14(19)11(3)9-15-4/h7-8,10-11,15H,5-6,9H2,1-4H3,(H,17,19). The lowest BCUT2D eigenvalue weighted by molar-refractivity contribution is -0.119. The fourth-order valence-electron chi connectivity index (χ4n) is 1.86. The number of amides is 1. The maximum atomic E-state index is 11.8. The molecule has 0 aliphatic carbocycles. The molecule has 0 bridgehead atoms. The van der Waals surface area contributed by atoms with Crippen LogP contribution in [0.15, 0.2) is 18.3 Å². The molecular formula is C14H24N4O. The fourth-order valence-corrected chi connectivity index (χ4v) is 1.86. The van der Waals surface area contributed by atoms with Crippen LogP contribution in [0.2, 0.25) is 0 Å². The lowest BCUT2D eigenvalue weighted by Gasteiger charge is -2.19. The van der Waals surface area contributed by atoms with E-state index in [1.165, 1.54) is 0 Å². The zero-order valence-corrected chi connectivity index (χ0v) is 12.2. The summed E-state index contributed by atoms with van der Waals surface area (Å²) in [7, 11) is 1.84. The maximum Gasteiger partial charge on any atom is 0.228 e. The summed E-state index contributed by atoms with van der Waals surface area (Å²) in [5.41, 5.74) is 0.740. The third-order valence-corrected chi connectivity index (χ3v) is 3.06. The molecule has 0 aliphatic heterocycles. The van der Waals surface area contributed by atoms with E-state index in [0.29, 0.717) is 6.54 Å². The zero-order chi connectivity index (χ0) is 14.3.